The van der Waals surface area contributed by atoms with Gasteiger partial charge in [-0.2, -0.15) is 0 Å². The minimum absolute atomic E-state index is 0. The molecule has 0 spiro atoms. The van der Waals surface area contributed by atoms with Crippen LogP contribution >= 0.6 is 12.4 Å². The summed E-state index contributed by atoms with van der Waals surface area (Å²) < 4.78 is 17.1. The smallest absolute Gasteiger partial charge is 0.377 e. The lowest BCUT2D eigenvalue weighted by Gasteiger charge is -2.36. The molecule has 0 heterocycles. The Hall–Kier alpha value is 0.347. The van der Waals surface area contributed by atoms with Crippen LogP contribution in [0.1, 0.15) is 46.0 Å². The van der Waals surface area contributed by atoms with Crippen molar-refractivity contribution in [3.63, 3.8) is 0 Å². The first-order chi connectivity index (χ1) is 9.01. The Bertz CT molecular complexity index is 220. The Labute approximate surface area is 132 Å². The van der Waals surface area contributed by atoms with Crippen LogP contribution in [0.2, 0.25) is 5.54 Å². The van der Waals surface area contributed by atoms with Gasteiger partial charge in [-0.05, 0) is 33.4 Å². The van der Waals surface area contributed by atoms with Crippen molar-refractivity contribution in [2.24, 2.45) is 0 Å². The third-order valence-electron chi connectivity index (χ3n) is 3.90. The normalized spacial score (nSPS) is 15.0. The molecule has 0 aliphatic heterocycles. The average molecular weight is 328 g/mol. The van der Waals surface area contributed by atoms with Gasteiger partial charge in [0.05, 0.1) is 0 Å². The van der Waals surface area contributed by atoms with Gasteiger partial charge in [0.15, 0.2) is 0 Å². The molecule has 0 aliphatic rings. The predicted octanol–water partition coefficient (Wildman–Crippen LogP) is 3.58. The highest BCUT2D eigenvalue weighted by atomic mass is 35.5. The van der Waals surface area contributed by atoms with E-state index in [4.69, 9.17) is 13.3 Å². The van der Waals surface area contributed by atoms with Crippen molar-refractivity contribution in [1.29, 1.82) is 0 Å². The largest absolute Gasteiger partial charge is 0.503 e. The van der Waals surface area contributed by atoms with Gasteiger partial charge in [-0.1, -0.05) is 26.7 Å². The molecule has 0 aromatic heterocycles. The monoisotopic (exact) mass is 327 g/mol. The van der Waals surface area contributed by atoms with E-state index < -0.39 is 8.80 Å². The van der Waals surface area contributed by atoms with Crippen molar-refractivity contribution >= 4 is 21.2 Å². The summed E-state index contributed by atoms with van der Waals surface area (Å²) in [6, 6.07) is 0.564. The van der Waals surface area contributed by atoms with Crippen molar-refractivity contribution in [1.82, 2.24) is 4.90 Å². The summed E-state index contributed by atoms with van der Waals surface area (Å²) >= 11 is 0. The van der Waals surface area contributed by atoms with Gasteiger partial charge in [0.1, 0.15) is 0 Å². The minimum atomic E-state index is -2.53. The van der Waals surface area contributed by atoms with Crippen LogP contribution in [-0.2, 0) is 13.3 Å². The summed E-state index contributed by atoms with van der Waals surface area (Å²) in [4.78, 5) is 2.31. The Balaban J connectivity index is 0. The van der Waals surface area contributed by atoms with Crippen LogP contribution in [0.3, 0.4) is 0 Å². The highest BCUT2D eigenvalue weighted by molar-refractivity contribution is 6.62. The van der Waals surface area contributed by atoms with Gasteiger partial charge in [0, 0.05) is 32.9 Å². The van der Waals surface area contributed by atoms with E-state index in [-0.39, 0.29) is 12.4 Å². The highest BCUT2D eigenvalue weighted by Gasteiger charge is 2.47. The summed E-state index contributed by atoms with van der Waals surface area (Å²) in [6.07, 6.45) is 5.70. The quantitative estimate of drug-likeness (QED) is 0.543. The van der Waals surface area contributed by atoms with Crippen LogP contribution in [0.15, 0.2) is 0 Å². The van der Waals surface area contributed by atoms with Gasteiger partial charge < -0.3 is 18.2 Å². The zero-order valence-electron chi connectivity index (χ0n) is 14.3. The molecule has 0 amide bonds. The second kappa shape index (κ2) is 11.9. The van der Waals surface area contributed by atoms with Crippen molar-refractivity contribution < 1.29 is 13.3 Å². The molecule has 124 valence electrons. The molecule has 0 N–H and O–H groups in total. The molecule has 0 radical (unpaired) electrons. The van der Waals surface area contributed by atoms with Gasteiger partial charge in [0.2, 0.25) is 0 Å². The van der Waals surface area contributed by atoms with E-state index in [9.17, 15) is 0 Å². The Morgan fingerprint density at radius 2 is 1.35 bits per heavy atom. The number of hydrogen-bond acceptors (Lipinski definition) is 4. The van der Waals surface area contributed by atoms with Gasteiger partial charge >= 0.3 is 8.80 Å². The number of rotatable bonds is 11. The molecule has 0 saturated heterocycles. The van der Waals surface area contributed by atoms with E-state index in [1.807, 2.05) is 0 Å². The summed E-state index contributed by atoms with van der Waals surface area (Å²) in [5, 5.41) is 0. The first-order valence-electron chi connectivity index (χ1n) is 7.33. The number of hydrogen-bond donors (Lipinski definition) is 0. The van der Waals surface area contributed by atoms with E-state index in [0.717, 1.165) is 19.3 Å². The zero-order valence-corrected chi connectivity index (χ0v) is 16.1. The topological polar surface area (TPSA) is 30.9 Å². The molecular weight excluding hydrogens is 294 g/mol. The zero-order chi connectivity index (χ0) is 14.9. The molecule has 0 rings (SSSR count). The summed E-state index contributed by atoms with van der Waals surface area (Å²) in [6.45, 7) is 4.44. The minimum Gasteiger partial charge on any atom is -0.377 e. The maximum atomic E-state index is 5.69. The van der Waals surface area contributed by atoms with E-state index in [1.165, 1.54) is 12.8 Å². The molecule has 0 bridgehead atoms. The standard InChI is InChI=1S/C14H33NO3Si.ClH/c1-8-10-13(15(3)4)12-14(11-9-2)19(16-5,17-6)18-7;/h13-14H,8-12H2,1-7H3;1H. The number of halogens is 1. The summed E-state index contributed by atoms with van der Waals surface area (Å²) in [5.74, 6) is 0. The van der Waals surface area contributed by atoms with Crippen LogP contribution < -0.4 is 0 Å². The molecule has 2 atom stereocenters. The second-order valence-electron chi connectivity index (χ2n) is 5.34. The predicted molar refractivity (Wildman–Crippen MR) is 89.7 cm³/mol. The molecule has 0 aromatic carbocycles. The van der Waals surface area contributed by atoms with Crippen molar-refractivity contribution in [2.45, 2.75) is 57.5 Å². The Kier molecular flexibility index (Phi) is 13.5. The number of nitrogens with zero attached hydrogens (tertiary/aromatic N) is 1. The molecule has 0 aliphatic carbocycles. The lowest BCUT2D eigenvalue weighted by molar-refractivity contribution is 0.101. The molecule has 0 fully saturated rings. The molecule has 4 nitrogen and oxygen atoms in total. The van der Waals surface area contributed by atoms with Crippen LogP contribution in [0.25, 0.3) is 0 Å². The van der Waals surface area contributed by atoms with Crippen LogP contribution in [0.5, 0.6) is 0 Å². The first-order valence-corrected chi connectivity index (χ1v) is 9.13. The van der Waals surface area contributed by atoms with Gasteiger partial charge in [-0.15, -0.1) is 12.4 Å². The fourth-order valence-corrected chi connectivity index (χ4v) is 5.49. The molecule has 0 aromatic rings. The maximum absolute atomic E-state index is 5.69. The molecular formula is C14H34ClNO3Si. The van der Waals surface area contributed by atoms with Gasteiger partial charge in [0.25, 0.3) is 0 Å². The van der Waals surface area contributed by atoms with E-state index in [1.54, 1.807) is 21.3 Å². The van der Waals surface area contributed by atoms with Crippen LogP contribution in [0.4, 0.5) is 0 Å². The fraction of sp³-hybridized carbons (Fsp3) is 1.00. The van der Waals surface area contributed by atoms with Gasteiger partial charge in [-0.3, -0.25) is 0 Å². The lowest BCUT2D eigenvalue weighted by atomic mass is 10.0. The van der Waals surface area contributed by atoms with Crippen molar-refractivity contribution in [2.75, 3.05) is 35.4 Å². The third kappa shape index (κ3) is 6.41. The lowest BCUT2D eigenvalue weighted by Crippen LogP contribution is -2.49. The summed E-state index contributed by atoms with van der Waals surface area (Å²) in [5.41, 5.74) is 0.372. The van der Waals surface area contributed by atoms with E-state index >= 15 is 0 Å². The van der Waals surface area contributed by atoms with E-state index in [2.05, 4.69) is 32.8 Å². The fourth-order valence-electron chi connectivity index (χ4n) is 2.79. The SMILES string of the molecule is CCCC(CC(CCC)[Si](OC)(OC)OC)N(C)C.Cl. The van der Waals surface area contributed by atoms with Crippen molar-refractivity contribution in [3.8, 4) is 0 Å². The van der Waals surface area contributed by atoms with Gasteiger partial charge in [-0.25, -0.2) is 0 Å². The van der Waals surface area contributed by atoms with E-state index in [0.29, 0.717) is 11.6 Å². The molecule has 20 heavy (non-hydrogen) atoms. The molecule has 2 unspecified atom stereocenters. The third-order valence-corrected chi connectivity index (χ3v) is 7.13. The Morgan fingerprint density at radius 1 is 0.900 bits per heavy atom. The molecule has 0 saturated carbocycles. The van der Waals surface area contributed by atoms with Crippen molar-refractivity contribution in [3.05, 3.63) is 0 Å². The second-order valence-corrected chi connectivity index (χ2v) is 8.59. The first kappa shape index (κ1) is 22.6. The van der Waals surface area contributed by atoms with Crippen LogP contribution in [0, 0.1) is 0 Å². The average Bonchev–Trinajstić information content (AvgIpc) is 2.40. The molecule has 6 heteroatoms. The maximum Gasteiger partial charge on any atom is 0.503 e. The highest BCUT2D eigenvalue weighted by Crippen LogP contribution is 2.34. The Morgan fingerprint density at radius 3 is 1.65 bits per heavy atom. The summed E-state index contributed by atoms with van der Waals surface area (Å²) in [7, 11) is 6.92. The van der Waals surface area contributed by atoms with Crippen LogP contribution in [-0.4, -0.2) is 55.2 Å².